The van der Waals surface area contributed by atoms with Crippen LogP contribution in [0.15, 0.2) is 30.3 Å². The number of hydrogen-bond acceptors (Lipinski definition) is 0. The summed E-state index contributed by atoms with van der Waals surface area (Å²) in [6.45, 7) is 2.16. The van der Waals surface area contributed by atoms with E-state index >= 15 is 0 Å². The zero-order valence-electron chi connectivity index (χ0n) is 7.21. The van der Waals surface area contributed by atoms with Gasteiger partial charge in [-0.2, -0.15) is 0 Å². The number of unbranched alkanes of at least 4 members (excludes halogenated alkanes) is 1. The van der Waals surface area contributed by atoms with Crippen molar-refractivity contribution in [2.75, 3.05) is 0 Å². The summed E-state index contributed by atoms with van der Waals surface area (Å²) in [6.07, 6.45) is 2.23. The molecule has 62 valence electrons. The summed E-state index contributed by atoms with van der Waals surface area (Å²) < 4.78 is 4.72. The standard InChI is InChI=1S/C11H12Te/c1-2-3-7-10-12-11-8-5-4-6-9-11/h4-6,8-9H,2-3H2,1H3. The fraction of sp³-hybridized carbons (Fsp3) is 0.273. The molecule has 1 aromatic rings. The monoisotopic (exact) mass is 274 g/mol. The van der Waals surface area contributed by atoms with Crippen LogP contribution in [-0.4, -0.2) is 20.9 Å². The van der Waals surface area contributed by atoms with Crippen LogP contribution in [-0.2, 0) is 0 Å². The van der Waals surface area contributed by atoms with Crippen molar-refractivity contribution < 1.29 is 0 Å². The first-order valence-electron chi connectivity index (χ1n) is 4.13. The van der Waals surface area contributed by atoms with Crippen molar-refractivity contribution in [3.05, 3.63) is 30.3 Å². The van der Waals surface area contributed by atoms with Crippen molar-refractivity contribution in [3.63, 3.8) is 0 Å². The van der Waals surface area contributed by atoms with E-state index in [9.17, 15) is 0 Å². The van der Waals surface area contributed by atoms with Crippen LogP contribution in [0.3, 0.4) is 0 Å². The molecule has 0 aliphatic carbocycles. The third-order valence-corrected chi connectivity index (χ3v) is 3.51. The van der Waals surface area contributed by atoms with Gasteiger partial charge in [-0.1, -0.05) is 0 Å². The minimum atomic E-state index is -0.217. The minimum absolute atomic E-state index is 0.217. The summed E-state index contributed by atoms with van der Waals surface area (Å²) in [6, 6.07) is 10.6. The fourth-order valence-electron chi connectivity index (χ4n) is 0.760. The molecule has 0 amide bonds. The van der Waals surface area contributed by atoms with Crippen LogP contribution in [0.4, 0.5) is 0 Å². The van der Waals surface area contributed by atoms with Gasteiger partial charge in [0.15, 0.2) is 0 Å². The Balaban J connectivity index is 2.40. The molecule has 0 saturated heterocycles. The van der Waals surface area contributed by atoms with Crippen molar-refractivity contribution in [3.8, 4) is 9.89 Å². The second-order valence-electron chi connectivity index (χ2n) is 2.44. The Kier molecular flexibility index (Phi) is 4.93. The van der Waals surface area contributed by atoms with Crippen molar-refractivity contribution in [2.24, 2.45) is 0 Å². The van der Waals surface area contributed by atoms with E-state index in [0.717, 1.165) is 6.42 Å². The van der Waals surface area contributed by atoms with Crippen LogP contribution in [0.2, 0.25) is 0 Å². The molecule has 0 spiro atoms. The summed E-state index contributed by atoms with van der Waals surface area (Å²) in [5, 5.41) is 0. The molecule has 1 heteroatoms. The molecule has 0 aromatic heterocycles. The third-order valence-electron chi connectivity index (χ3n) is 1.36. The van der Waals surface area contributed by atoms with E-state index in [1.165, 1.54) is 10.0 Å². The molecule has 0 heterocycles. The van der Waals surface area contributed by atoms with Gasteiger partial charge in [0.25, 0.3) is 0 Å². The predicted molar refractivity (Wildman–Crippen MR) is 54.5 cm³/mol. The van der Waals surface area contributed by atoms with Crippen molar-refractivity contribution in [2.45, 2.75) is 19.8 Å². The maximum atomic E-state index is 3.28. The SMILES string of the molecule is CCCC#C[Te]c1ccccc1. The normalized spacial score (nSPS) is 8.75. The van der Waals surface area contributed by atoms with Gasteiger partial charge in [0, 0.05) is 0 Å². The average Bonchev–Trinajstić information content (AvgIpc) is 2.14. The average molecular weight is 272 g/mol. The second-order valence-corrected chi connectivity index (χ2v) is 4.95. The molecule has 0 radical (unpaired) electrons. The summed E-state index contributed by atoms with van der Waals surface area (Å²) in [4.78, 5) is 0. The molecule has 0 saturated carbocycles. The molecule has 0 unspecified atom stereocenters. The predicted octanol–water partition coefficient (Wildman–Crippen LogP) is 1.78. The van der Waals surface area contributed by atoms with E-state index in [4.69, 9.17) is 0 Å². The van der Waals surface area contributed by atoms with Gasteiger partial charge in [0.2, 0.25) is 0 Å². The van der Waals surface area contributed by atoms with E-state index in [2.05, 4.69) is 47.1 Å². The molecule has 1 aromatic carbocycles. The molecule has 1 rings (SSSR count). The van der Waals surface area contributed by atoms with Crippen molar-refractivity contribution in [1.82, 2.24) is 0 Å². The Labute approximate surface area is 84.5 Å². The van der Waals surface area contributed by atoms with E-state index in [0.29, 0.717) is 0 Å². The zero-order valence-corrected chi connectivity index (χ0v) is 9.54. The molecule has 0 N–H and O–H groups in total. The van der Waals surface area contributed by atoms with Gasteiger partial charge in [-0.3, -0.25) is 0 Å². The first-order valence-corrected chi connectivity index (χ1v) is 6.46. The number of hydrogen-bond donors (Lipinski definition) is 0. The number of rotatable bonds is 2. The van der Waals surface area contributed by atoms with Crippen molar-refractivity contribution in [1.29, 1.82) is 0 Å². The van der Waals surface area contributed by atoms with Gasteiger partial charge in [-0.05, 0) is 0 Å². The molecular formula is C11H12Te. The Morgan fingerprint density at radius 3 is 2.67 bits per heavy atom. The first-order chi connectivity index (χ1) is 5.93. The molecule has 0 aliphatic heterocycles. The Bertz CT molecular complexity index is 266. The maximum absolute atomic E-state index is 3.28. The molecule has 12 heavy (non-hydrogen) atoms. The van der Waals surface area contributed by atoms with Crippen LogP contribution in [0, 0.1) is 9.89 Å². The van der Waals surface area contributed by atoms with E-state index in [1.54, 1.807) is 0 Å². The van der Waals surface area contributed by atoms with Crippen LogP contribution in [0.25, 0.3) is 0 Å². The summed E-state index contributed by atoms with van der Waals surface area (Å²) >= 11 is -0.217. The molecule has 0 aliphatic rings. The Morgan fingerprint density at radius 2 is 2.00 bits per heavy atom. The molecule has 0 bridgehead atoms. The van der Waals surface area contributed by atoms with Crippen LogP contribution >= 0.6 is 0 Å². The van der Waals surface area contributed by atoms with Gasteiger partial charge in [0.05, 0.1) is 0 Å². The first kappa shape index (κ1) is 9.66. The Hall–Kier alpha value is -0.430. The van der Waals surface area contributed by atoms with Crippen LogP contribution < -0.4 is 3.61 Å². The molecule has 0 nitrogen and oxygen atoms in total. The summed E-state index contributed by atoms with van der Waals surface area (Å²) in [5.74, 6) is 3.19. The topological polar surface area (TPSA) is 0 Å². The van der Waals surface area contributed by atoms with E-state index < -0.39 is 0 Å². The van der Waals surface area contributed by atoms with Crippen molar-refractivity contribution >= 4 is 24.5 Å². The molecule has 0 fully saturated rings. The quantitative estimate of drug-likeness (QED) is 0.568. The third kappa shape index (κ3) is 3.82. The summed E-state index contributed by atoms with van der Waals surface area (Å²) in [7, 11) is 0. The van der Waals surface area contributed by atoms with Crippen LogP contribution in [0.5, 0.6) is 0 Å². The van der Waals surface area contributed by atoms with Gasteiger partial charge >= 0.3 is 84.5 Å². The second kappa shape index (κ2) is 6.13. The number of benzene rings is 1. The molecular weight excluding hydrogens is 260 g/mol. The van der Waals surface area contributed by atoms with E-state index in [-0.39, 0.29) is 20.9 Å². The van der Waals surface area contributed by atoms with Gasteiger partial charge < -0.3 is 0 Å². The van der Waals surface area contributed by atoms with Gasteiger partial charge in [0.1, 0.15) is 0 Å². The molecule has 0 atom stereocenters. The fourth-order valence-corrected chi connectivity index (χ4v) is 2.43. The van der Waals surface area contributed by atoms with Gasteiger partial charge in [-0.15, -0.1) is 0 Å². The van der Waals surface area contributed by atoms with Crippen LogP contribution in [0.1, 0.15) is 19.8 Å². The Morgan fingerprint density at radius 1 is 1.25 bits per heavy atom. The van der Waals surface area contributed by atoms with E-state index in [1.807, 2.05) is 0 Å². The van der Waals surface area contributed by atoms with Gasteiger partial charge in [-0.25, -0.2) is 0 Å². The summed E-state index contributed by atoms with van der Waals surface area (Å²) in [5.41, 5.74) is 0. The zero-order chi connectivity index (χ0) is 8.65.